The highest BCUT2D eigenvalue weighted by Crippen LogP contribution is 2.31. The zero-order chi connectivity index (χ0) is 23.9. The Morgan fingerprint density at radius 3 is 2.38 bits per heavy atom. The monoisotopic (exact) mass is 491 g/mol. The van der Waals surface area contributed by atoms with Crippen LogP contribution in [0, 0.1) is 12.7 Å². The Balaban J connectivity index is 1.58. The highest BCUT2D eigenvalue weighted by molar-refractivity contribution is 7.99. The number of halogens is 1. The number of nitrogens with zero attached hydrogens (tertiary/aromatic N) is 2. The lowest BCUT2D eigenvalue weighted by Gasteiger charge is -2.11. The van der Waals surface area contributed by atoms with Crippen molar-refractivity contribution in [3.63, 3.8) is 0 Å². The second-order valence-corrected chi connectivity index (χ2v) is 9.44. The molecule has 172 valence electrons. The molecule has 0 spiro atoms. The summed E-state index contributed by atoms with van der Waals surface area (Å²) >= 11 is 2.82. The van der Waals surface area contributed by atoms with Gasteiger partial charge in [-0.25, -0.2) is 14.4 Å². The number of anilines is 1. The quantitative estimate of drug-likeness (QED) is 0.220. The first-order chi connectivity index (χ1) is 16.5. The number of carbonyl (C=O) groups is 1. The van der Waals surface area contributed by atoms with Gasteiger partial charge in [-0.1, -0.05) is 53.4 Å². The summed E-state index contributed by atoms with van der Waals surface area (Å²) in [6, 6.07) is 21.4. The Labute approximate surface area is 206 Å². The van der Waals surface area contributed by atoms with E-state index in [4.69, 9.17) is 4.74 Å². The number of rotatable bonds is 8. The van der Waals surface area contributed by atoms with E-state index in [9.17, 15) is 9.18 Å². The van der Waals surface area contributed by atoms with Gasteiger partial charge in [-0.05, 0) is 61.0 Å². The minimum absolute atomic E-state index is 0.278. The molecule has 0 unspecified atom stereocenters. The SMILES string of the molecule is COc1ccc(NC(=O)c2nc(SCc3ccc(F)cc3)ncc2Sc2ccc(C)cc2)cc1. The molecule has 1 amide bonds. The van der Waals surface area contributed by atoms with Crippen LogP contribution in [0.15, 0.2) is 93.9 Å². The Morgan fingerprint density at radius 2 is 1.71 bits per heavy atom. The average Bonchev–Trinajstić information content (AvgIpc) is 2.86. The minimum atomic E-state index is -0.328. The number of aromatic nitrogens is 2. The number of hydrogen-bond acceptors (Lipinski definition) is 6. The Hall–Kier alpha value is -3.36. The van der Waals surface area contributed by atoms with E-state index >= 15 is 0 Å². The van der Waals surface area contributed by atoms with Gasteiger partial charge >= 0.3 is 0 Å². The fourth-order valence-corrected chi connectivity index (χ4v) is 4.63. The summed E-state index contributed by atoms with van der Waals surface area (Å²) < 4.78 is 18.4. The molecule has 3 aromatic carbocycles. The molecule has 0 bridgehead atoms. The summed E-state index contributed by atoms with van der Waals surface area (Å²) in [5.41, 5.74) is 3.03. The number of carbonyl (C=O) groups excluding carboxylic acids is 1. The number of benzene rings is 3. The van der Waals surface area contributed by atoms with E-state index in [1.807, 2.05) is 31.2 Å². The van der Waals surface area contributed by atoms with Crippen LogP contribution in [-0.2, 0) is 5.75 Å². The number of methoxy groups -OCH3 is 1. The third-order valence-corrected chi connectivity index (χ3v) is 6.79. The Bertz CT molecular complexity index is 1260. The second-order valence-electron chi connectivity index (χ2n) is 7.38. The molecule has 4 rings (SSSR count). The first-order valence-electron chi connectivity index (χ1n) is 10.4. The number of thioether (sulfide) groups is 1. The number of aryl methyl sites for hydroxylation is 1. The van der Waals surface area contributed by atoms with Crippen LogP contribution in [-0.4, -0.2) is 23.0 Å². The topological polar surface area (TPSA) is 64.1 Å². The van der Waals surface area contributed by atoms with Crippen molar-refractivity contribution in [2.75, 3.05) is 12.4 Å². The molecule has 0 fully saturated rings. The Morgan fingerprint density at radius 1 is 1.00 bits per heavy atom. The van der Waals surface area contributed by atoms with Gasteiger partial charge in [0, 0.05) is 22.5 Å². The van der Waals surface area contributed by atoms with E-state index in [2.05, 4.69) is 15.3 Å². The van der Waals surface area contributed by atoms with Gasteiger partial charge in [-0.15, -0.1) is 0 Å². The molecule has 0 saturated carbocycles. The molecule has 0 atom stereocenters. The molecule has 5 nitrogen and oxygen atoms in total. The summed E-state index contributed by atoms with van der Waals surface area (Å²) in [4.78, 5) is 23.9. The van der Waals surface area contributed by atoms with Crippen LogP contribution in [0.3, 0.4) is 0 Å². The van der Waals surface area contributed by atoms with Gasteiger partial charge in [-0.2, -0.15) is 0 Å². The predicted octanol–water partition coefficient (Wildman–Crippen LogP) is 6.63. The van der Waals surface area contributed by atoms with E-state index in [1.54, 1.807) is 49.7 Å². The third-order valence-electron chi connectivity index (χ3n) is 4.83. The van der Waals surface area contributed by atoms with Crippen molar-refractivity contribution in [3.8, 4) is 5.75 Å². The number of hydrogen-bond donors (Lipinski definition) is 1. The summed E-state index contributed by atoms with van der Waals surface area (Å²) in [7, 11) is 1.59. The van der Waals surface area contributed by atoms with Crippen LogP contribution in [0.25, 0.3) is 0 Å². The molecule has 0 aliphatic carbocycles. The van der Waals surface area contributed by atoms with Crippen molar-refractivity contribution in [1.29, 1.82) is 0 Å². The van der Waals surface area contributed by atoms with Crippen molar-refractivity contribution in [3.05, 3.63) is 102 Å². The summed E-state index contributed by atoms with van der Waals surface area (Å²) in [6.07, 6.45) is 1.67. The summed E-state index contributed by atoms with van der Waals surface area (Å²) in [5, 5.41) is 3.37. The van der Waals surface area contributed by atoms with Crippen LogP contribution >= 0.6 is 23.5 Å². The van der Waals surface area contributed by atoms with E-state index in [-0.39, 0.29) is 17.4 Å². The molecular formula is C26H22FN3O2S2. The first kappa shape index (κ1) is 23.8. The van der Waals surface area contributed by atoms with Gasteiger partial charge in [0.2, 0.25) is 0 Å². The molecule has 4 aromatic rings. The zero-order valence-electron chi connectivity index (χ0n) is 18.6. The van der Waals surface area contributed by atoms with E-state index in [0.29, 0.717) is 27.2 Å². The van der Waals surface area contributed by atoms with Crippen molar-refractivity contribution < 1.29 is 13.9 Å². The fourth-order valence-electron chi connectivity index (χ4n) is 2.99. The maximum atomic E-state index is 13.2. The van der Waals surface area contributed by atoms with Crippen molar-refractivity contribution in [2.24, 2.45) is 0 Å². The largest absolute Gasteiger partial charge is 0.497 e. The normalized spacial score (nSPS) is 10.7. The van der Waals surface area contributed by atoms with E-state index < -0.39 is 0 Å². The van der Waals surface area contributed by atoms with Gasteiger partial charge in [-0.3, -0.25) is 4.79 Å². The lowest BCUT2D eigenvalue weighted by Crippen LogP contribution is -2.16. The molecule has 0 radical (unpaired) electrons. The smallest absolute Gasteiger partial charge is 0.275 e. The molecule has 0 saturated heterocycles. The molecule has 0 aliphatic rings. The molecular weight excluding hydrogens is 469 g/mol. The molecule has 8 heteroatoms. The standard InChI is InChI=1S/C26H22FN3O2S2/c1-17-3-13-22(14-4-17)34-23-15-28-26(33-16-18-5-7-19(27)8-6-18)30-24(23)25(31)29-20-9-11-21(32-2)12-10-20/h3-15H,16H2,1-2H3,(H,29,31). The van der Waals surface area contributed by atoms with Gasteiger partial charge in [0.1, 0.15) is 17.3 Å². The highest BCUT2D eigenvalue weighted by Gasteiger charge is 2.17. The lowest BCUT2D eigenvalue weighted by atomic mass is 10.2. The first-order valence-corrected chi connectivity index (χ1v) is 12.2. The van der Waals surface area contributed by atoms with Gasteiger partial charge in [0.25, 0.3) is 5.91 Å². The maximum absolute atomic E-state index is 13.2. The summed E-state index contributed by atoms with van der Waals surface area (Å²) in [6.45, 7) is 2.03. The van der Waals surface area contributed by atoms with Crippen LogP contribution in [0.1, 0.15) is 21.6 Å². The lowest BCUT2D eigenvalue weighted by molar-refractivity contribution is 0.101. The molecule has 1 N–H and O–H groups in total. The molecule has 34 heavy (non-hydrogen) atoms. The van der Waals surface area contributed by atoms with Gasteiger partial charge in [0.15, 0.2) is 5.16 Å². The number of nitrogens with one attached hydrogen (secondary N) is 1. The average molecular weight is 492 g/mol. The second kappa shape index (κ2) is 11.2. The number of ether oxygens (including phenoxy) is 1. The van der Waals surface area contributed by atoms with E-state index in [0.717, 1.165) is 16.0 Å². The summed E-state index contributed by atoms with van der Waals surface area (Å²) in [5.74, 6) is 0.658. The molecule has 1 aromatic heterocycles. The van der Waals surface area contributed by atoms with Crippen molar-refractivity contribution >= 4 is 35.1 Å². The number of amides is 1. The fraction of sp³-hybridized carbons (Fsp3) is 0.115. The van der Waals surface area contributed by atoms with Gasteiger partial charge < -0.3 is 10.1 Å². The van der Waals surface area contributed by atoms with Crippen LogP contribution < -0.4 is 10.1 Å². The highest BCUT2D eigenvalue weighted by atomic mass is 32.2. The van der Waals surface area contributed by atoms with Crippen LogP contribution in [0.4, 0.5) is 10.1 Å². The van der Waals surface area contributed by atoms with Crippen LogP contribution in [0.2, 0.25) is 0 Å². The minimum Gasteiger partial charge on any atom is -0.497 e. The molecule has 1 heterocycles. The van der Waals surface area contributed by atoms with E-state index in [1.165, 1.54) is 35.7 Å². The Kier molecular flexibility index (Phi) is 7.82. The van der Waals surface area contributed by atoms with Gasteiger partial charge in [0.05, 0.1) is 12.0 Å². The maximum Gasteiger partial charge on any atom is 0.275 e. The molecule has 0 aliphatic heterocycles. The van der Waals surface area contributed by atoms with Crippen LogP contribution in [0.5, 0.6) is 5.75 Å². The zero-order valence-corrected chi connectivity index (χ0v) is 20.3. The van der Waals surface area contributed by atoms with Crippen molar-refractivity contribution in [1.82, 2.24) is 9.97 Å². The third kappa shape index (κ3) is 6.36. The van der Waals surface area contributed by atoms with Crippen molar-refractivity contribution in [2.45, 2.75) is 27.6 Å². The predicted molar refractivity (Wildman–Crippen MR) is 134 cm³/mol.